The molecule has 1 aliphatic rings. The summed E-state index contributed by atoms with van der Waals surface area (Å²) in [6, 6.07) is 18.8. The van der Waals surface area contributed by atoms with Crippen molar-refractivity contribution in [3.8, 4) is 17.6 Å². The van der Waals surface area contributed by atoms with E-state index in [0.717, 1.165) is 11.3 Å². The number of allylic oxidation sites excluding steroid dienone is 1. The topological polar surface area (TPSA) is 91.6 Å². The van der Waals surface area contributed by atoms with Crippen molar-refractivity contribution in [1.82, 2.24) is 0 Å². The lowest BCUT2D eigenvalue weighted by atomic mass is 9.83. The first-order chi connectivity index (χ1) is 14.5. The molecule has 3 N–H and O–H groups in total. The molecule has 4 rings (SSSR count). The molecular formula is C24H18FN3O2. The predicted molar refractivity (Wildman–Crippen MR) is 112 cm³/mol. The van der Waals surface area contributed by atoms with Gasteiger partial charge in [-0.15, -0.1) is 0 Å². The molecule has 148 valence electrons. The van der Waals surface area contributed by atoms with Crippen LogP contribution in [0.2, 0.25) is 0 Å². The second-order valence-corrected chi connectivity index (χ2v) is 7.02. The maximum Gasteiger partial charge on any atom is 0.205 e. The third-order valence-corrected chi connectivity index (χ3v) is 4.93. The fraction of sp³-hybridized carbons (Fsp3) is 0.0833. The molecule has 3 aromatic carbocycles. The molecule has 3 aromatic rings. The average molecular weight is 399 g/mol. The molecule has 0 bridgehead atoms. The number of aryl methyl sites for hydroxylation is 1. The number of phenolic OH excluding ortho intramolecular Hbond substituents is 1. The van der Waals surface area contributed by atoms with Crippen LogP contribution in [0.4, 0.5) is 10.1 Å². The van der Waals surface area contributed by atoms with Crippen LogP contribution in [0.5, 0.6) is 11.5 Å². The Morgan fingerprint density at radius 3 is 2.63 bits per heavy atom. The van der Waals surface area contributed by atoms with Gasteiger partial charge in [0.2, 0.25) is 5.88 Å². The fourth-order valence-electron chi connectivity index (χ4n) is 3.42. The first kappa shape index (κ1) is 19.2. The van der Waals surface area contributed by atoms with E-state index in [4.69, 9.17) is 10.5 Å². The summed E-state index contributed by atoms with van der Waals surface area (Å²) in [7, 11) is 0. The number of ether oxygens (including phenoxy) is 1. The van der Waals surface area contributed by atoms with Gasteiger partial charge >= 0.3 is 0 Å². The van der Waals surface area contributed by atoms with E-state index in [-0.39, 0.29) is 17.2 Å². The lowest BCUT2D eigenvalue weighted by Gasteiger charge is -2.27. The third-order valence-electron chi connectivity index (χ3n) is 4.93. The van der Waals surface area contributed by atoms with Gasteiger partial charge in [-0.1, -0.05) is 29.8 Å². The van der Waals surface area contributed by atoms with Crippen molar-refractivity contribution in [3.05, 3.63) is 100 Å². The monoisotopic (exact) mass is 399 g/mol. The molecule has 0 saturated heterocycles. The van der Waals surface area contributed by atoms with E-state index in [1.54, 1.807) is 18.2 Å². The Labute approximate surface area is 173 Å². The molecule has 0 aliphatic carbocycles. The van der Waals surface area contributed by atoms with Crippen LogP contribution in [0.1, 0.15) is 28.2 Å². The van der Waals surface area contributed by atoms with Crippen LogP contribution in [-0.2, 0) is 0 Å². The van der Waals surface area contributed by atoms with Crippen molar-refractivity contribution in [2.45, 2.75) is 12.8 Å². The number of hydrogen-bond acceptors (Lipinski definition) is 5. The Balaban J connectivity index is 1.82. The molecule has 1 heterocycles. The summed E-state index contributed by atoms with van der Waals surface area (Å²) in [5.74, 6) is -0.848. The van der Waals surface area contributed by atoms with Gasteiger partial charge < -0.3 is 15.6 Å². The highest BCUT2D eigenvalue weighted by Crippen LogP contribution is 2.44. The smallest absolute Gasteiger partial charge is 0.205 e. The van der Waals surface area contributed by atoms with Crippen molar-refractivity contribution in [3.63, 3.8) is 0 Å². The molecule has 0 aromatic heterocycles. The highest BCUT2D eigenvalue weighted by molar-refractivity contribution is 5.86. The summed E-state index contributed by atoms with van der Waals surface area (Å²) in [6.45, 7) is 1.99. The largest absolute Gasteiger partial charge is 0.507 e. The van der Waals surface area contributed by atoms with Crippen molar-refractivity contribution in [2.75, 3.05) is 0 Å². The number of halogens is 1. The van der Waals surface area contributed by atoms with Crippen LogP contribution in [0.25, 0.3) is 0 Å². The van der Waals surface area contributed by atoms with Gasteiger partial charge in [0.1, 0.15) is 29.0 Å². The first-order valence-corrected chi connectivity index (χ1v) is 9.27. The number of nitrogens with two attached hydrogens (primary N) is 1. The zero-order chi connectivity index (χ0) is 21.3. The zero-order valence-electron chi connectivity index (χ0n) is 16.1. The molecule has 0 saturated carbocycles. The van der Waals surface area contributed by atoms with Crippen molar-refractivity contribution >= 4 is 11.9 Å². The molecule has 0 spiro atoms. The number of fused-ring (bicyclic) bond motifs is 1. The second-order valence-electron chi connectivity index (χ2n) is 7.02. The Hall–Kier alpha value is -4.11. The Kier molecular flexibility index (Phi) is 4.95. The molecule has 0 amide bonds. The lowest BCUT2D eigenvalue weighted by Crippen LogP contribution is -2.21. The average Bonchev–Trinajstić information content (AvgIpc) is 2.72. The summed E-state index contributed by atoms with van der Waals surface area (Å²) in [5.41, 5.74) is 9.57. The van der Waals surface area contributed by atoms with Crippen LogP contribution in [0.3, 0.4) is 0 Å². The number of phenols is 1. The van der Waals surface area contributed by atoms with Crippen molar-refractivity contribution < 1.29 is 14.2 Å². The quantitative estimate of drug-likeness (QED) is 0.619. The van der Waals surface area contributed by atoms with E-state index in [2.05, 4.69) is 11.1 Å². The standard InChI is InChI=1S/C24H18FN3O2/c1-14-5-7-18(8-6-14)28-13-16-10-19-22(11-21(16)29)30-24(27)20(12-26)23(19)15-3-2-4-17(25)9-15/h2-11,13,23,29H,27H2,1H3/t23-/m0/s1. The van der Waals surface area contributed by atoms with Gasteiger partial charge in [0.15, 0.2) is 0 Å². The maximum absolute atomic E-state index is 13.9. The summed E-state index contributed by atoms with van der Waals surface area (Å²) in [6.07, 6.45) is 1.54. The molecule has 6 heteroatoms. The Morgan fingerprint density at radius 1 is 1.17 bits per heavy atom. The van der Waals surface area contributed by atoms with Crippen LogP contribution in [-0.4, -0.2) is 11.3 Å². The second kappa shape index (κ2) is 7.72. The zero-order valence-corrected chi connectivity index (χ0v) is 16.1. The van der Waals surface area contributed by atoms with Gasteiger partial charge in [-0.05, 0) is 42.8 Å². The molecule has 0 fully saturated rings. The van der Waals surface area contributed by atoms with E-state index < -0.39 is 11.7 Å². The third kappa shape index (κ3) is 3.61. The van der Waals surface area contributed by atoms with Crippen LogP contribution < -0.4 is 10.5 Å². The van der Waals surface area contributed by atoms with E-state index in [1.807, 2.05) is 31.2 Å². The predicted octanol–water partition coefficient (Wildman–Crippen LogP) is 4.81. The Bertz CT molecular complexity index is 1220. The highest BCUT2D eigenvalue weighted by Gasteiger charge is 2.31. The minimum absolute atomic E-state index is 0.0455. The van der Waals surface area contributed by atoms with E-state index >= 15 is 0 Å². The maximum atomic E-state index is 13.9. The number of nitrogens with zero attached hydrogens (tertiary/aromatic N) is 2. The molecule has 1 aliphatic heterocycles. The van der Waals surface area contributed by atoms with Gasteiger partial charge in [-0.25, -0.2) is 4.39 Å². The number of aliphatic imine (C=N–C) groups is 1. The molecule has 1 atom stereocenters. The fourth-order valence-corrected chi connectivity index (χ4v) is 3.42. The minimum Gasteiger partial charge on any atom is -0.507 e. The number of nitriles is 1. The van der Waals surface area contributed by atoms with E-state index in [1.165, 1.54) is 24.4 Å². The SMILES string of the molecule is Cc1ccc(N=Cc2cc3c(cc2O)OC(N)=C(C#N)[C@H]3c2cccc(F)c2)cc1. The lowest BCUT2D eigenvalue weighted by molar-refractivity contribution is 0.388. The number of benzene rings is 3. The van der Waals surface area contributed by atoms with Crippen LogP contribution in [0.15, 0.2) is 77.1 Å². The van der Waals surface area contributed by atoms with Crippen LogP contribution in [0, 0.1) is 24.1 Å². The van der Waals surface area contributed by atoms with Gasteiger partial charge in [0.05, 0.1) is 11.6 Å². The highest BCUT2D eigenvalue weighted by atomic mass is 19.1. The molecule has 30 heavy (non-hydrogen) atoms. The molecular weight excluding hydrogens is 381 g/mol. The Morgan fingerprint density at radius 2 is 1.93 bits per heavy atom. The number of aromatic hydroxyl groups is 1. The minimum atomic E-state index is -0.624. The van der Waals surface area contributed by atoms with Crippen molar-refractivity contribution in [1.29, 1.82) is 5.26 Å². The van der Waals surface area contributed by atoms with Gasteiger partial charge in [0.25, 0.3) is 0 Å². The summed E-state index contributed by atoms with van der Waals surface area (Å²) in [5, 5.41) is 20.1. The summed E-state index contributed by atoms with van der Waals surface area (Å²) >= 11 is 0. The van der Waals surface area contributed by atoms with Gasteiger partial charge in [-0.2, -0.15) is 5.26 Å². The summed E-state index contributed by atoms with van der Waals surface area (Å²) < 4.78 is 19.4. The van der Waals surface area contributed by atoms with Gasteiger partial charge in [-0.3, -0.25) is 4.99 Å². The van der Waals surface area contributed by atoms with Crippen LogP contribution >= 0.6 is 0 Å². The number of hydrogen-bond donors (Lipinski definition) is 2. The van der Waals surface area contributed by atoms with Gasteiger partial charge in [0, 0.05) is 23.4 Å². The molecule has 0 radical (unpaired) electrons. The molecule has 0 unspecified atom stereocenters. The molecule has 5 nitrogen and oxygen atoms in total. The normalized spacial score (nSPS) is 15.6. The van der Waals surface area contributed by atoms with E-state index in [0.29, 0.717) is 22.4 Å². The summed E-state index contributed by atoms with van der Waals surface area (Å²) in [4.78, 5) is 4.41. The first-order valence-electron chi connectivity index (χ1n) is 9.27. The number of rotatable bonds is 3. The van der Waals surface area contributed by atoms with E-state index in [9.17, 15) is 14.8 Å². The van der Waals surface area contributed by atoms with Crippen molar-refractivity contribution in [2.24, 2.45) is 10.7 Å².